The van der Waals surface area contributed by atoms with Crippen molar-refractivity contribution in [3.63, 3.8) is 0 Å². The van der Waals surface area contributed by atoms with Crippen LogP contribution in [0.4, 0.5) is 4.79 Å². The van der Waals surface area contributed by atoms with Crippen molar-refractivity contribution in [1.82, 2.24) is 16.0 Å². The zero-order valence-corrected chi connectivity index (χ0v) is 7.39. The van der Waals surface area contributed by atoms with Crippen molar-refractivity contribution >= 4 is 6.03 Å². The summed E-state index contributed by atoms with van der Waals surface area (Å²) in [6.07, 6.45) is 5.00. The van der Waals surface area contributed by atoms with Gasteiger partial charge >= 0.3 is 6.03 Å². The number of urea groups is 1. The average molecular weight is 179 g/mol. The Balaban J connectivity index is 1.95. The summed E-state index contributed by atoms with van der Waals surface area (Å²) in [6, 6.07) is 0.450. The molecule has 0 spiro atoms. The van der Waals surface area contributed by atoms with Crippen LogP contribution in [0.2, 0.25) is 0 Å². The van der Waals surface area contributed by atoms with Crippen LogP contribution in [0.1, 0.15) is 25.7 Å². The number of fused-ring (bicyclic) bond motifs is 2. The topological polar surface area (TPSA) is 53.2 Å². The predicted octanol–water partition coefficient (Wildman–Crippen LogP) is 0.425. The fraction of sp³-hybridized carbons (Fsp3) is 0.667. The molecule has 1 saturated carbocycles. The molecule has 2 amide bonds. The summed E-state index contributed by atoms with van der Waals surface area (Å²) in [6.45, 7) is 0. The van der Waals surface area contributed by atoms with Crippen LogP contribution in [0.5, 0.6) is 0 Å². The van der Waals surface area contributed by atoms with Crippen molar-refractivity contribution in [2.45, 2.75) is 37.9 Å². The molecule has 2 atom stereocenters. The highest BCUT2D eigenvalue weighted by molar-refractivity contribution is 5.81. The van der Waals surface area contributed by atoms with E-state index in [0.717, 1.165) is 12.1 Å². The Labute approximate surface area is 76.8 Å². The largest absolute Gasteiger partial charge is 0.320 e. The molecular weight excluding hydrogens is 166 g/mol. The van der Waals surface area contributed by atoms with Crippen LogP contribution in [0.3, 0.4) is 0 Å². The van der Waals surface area contributed by atoms with E-state index in [2.05, 4.69) is 16.0 Å². The summed E-state index contributed by atoms with van der Waals surface area (Å²) in [7, 11) is 0. The number of nitrogens with one attached hydrogen (secondary N) is 3. The normalized spacial score (nSPS) is 36.8. The van der Waals surface area contributed by atoms with E-state index in [4.69, 9.17) is 0 Å². The molecule has 13 heavy (non-hydrogen) atoms. The second-order valence-corrected chi connectivity index (χ2v) is 3.94. The van der Waals surface area contributed by atoms with E-state index in [1.54, 1.807) is 0 Å². The van der Waals surface area contributed by atoms with Gasteiger partial charge in [-0.25, -0.2) is 4.79 Å². The lowest BCUT2D eigenvalue weighted by molar-refractivity contribution is 0.246. The third-order valence-corrected chi connectivity index (χ3v) is 3.14. The van der Waals surface area contributed by atoms with Gasteiger partial charge in [-0.15, -0.1) is 0 Å². The van der Waals surface area contributed by atoms with Crippen molar-refractivity contribution in [3.05, 3.63) is 11.3 Å². The van der Waals surface area contributed by atoms with Crippen LogP contribution in [-0.2, 0) is 0 Å². The first-order valence-corrected chi connectivity index (χ1v) is 4.91. The van der Waals surface area contributed by atoms with Gasteiger partial charge in [0.15, 0.2) is 0 Å². The van der Waals surface area contributed by atoms with Gasteiger partial charge in [0.1, 0.15) is 6.17 Å². The number of amides is 2. The quantitative estimate of drug-likeness (QED) is 0.505. The maximum atomic E-state index is 11.0. The number of hydrogen-bond acceptors (Lipinski definition) is 2. The molecule has 0 aromatic heterocycles. The molecule has 0 aromatic carbocycles. The molecule has 70 valence electrons. The summed E-state index contributed by atoms with van der Waals surface area (Å²) in [5.41, 5.74) is 2.53. The Bertz CT molecular complexity index is 297. The van der Waals surface area contributed by atoms with Gasteiger partial charge in [0, 0.05) is 6.04 Å². The fourth-order valence-electron chi connectivity index (χ4n) is 2.54. The van der Waals surface area contributed by atoms with Gasteiger partial charge in [0.2, 0.25) is 0 Å². The SMILES string of the molecule is O=C1NC2=C3CCCCC3NC2N1. The maximum absolute atomic E-state index is 11.0. The third kappa shape index (κ3) is 0.983. The van der Waals surface area contributed by atoms with Gasteiger partial charge in [0.25, 0.3) is 0 Å². The van der Waals surface area contributed by atoms with Gasteiger partial charge < -0.3 is 10.6 Å². The first-order chi connectivity index (χ1) is 6.34. The van der Waals surface area contributed by atoms with E-state index in [1.165, 1.54) is 24.8 Å². The lowest BCUT2D eigenvalue weighted by Crippen LogP contribution is -2.41. The minimum atomic E-state index is -0.0657. The Hall–Kier alpha value is -1.03. The van der Waals surface area contributed by atoms with Crippen molar-refractivity contribution in [2.75, 3.05) is 0 Å². The number of rotatable bonds is 0. The molecule has 2 unspecified atom stereocenters. The maximum Gasteiger partial charge on any atom is 0.320 e. The summed E-state index contributed by atoms with van der Waals surface area (Å²) in [4.78, 5) is 11.0. The molecule has 4 heteroatoms. The van der Waals surface area contributed by atoms with Gasteiger partial charge in [-0.2, -0.15) is 0 Å². The van der Waals surface area contributed by atoms with Crippen molar-refractivity contribution in [3.8, 4) is 0 Å². The van der Waals surface area contributed by atoms with E-state index >= 15 is 0 Å². The van der Waals surface area contributed by atoms with Gasteiger partial charge in [-0.1, -0.05) is 6.42 Å². The number of carbonyl (C=O) groups is 1. The highest BCUT2D eigenvalue weighted by Gasteiger charge is 2.39. The molecule has 0 radical (unpaired) electrons. The number of hydrogen-bond donors (Lipinski definition) is 3. The van der Waals surface area contributed by atoms with Gasteiger partial charge in [-0.05, 0) is 24.8 Å². The third-order valence-electron chi connectivity index (χ3n) is 3.14. The number of carbonyl (C=O) groups excluding carboxylic acids is 1. The fourth-order valence-corrected chi connectivity index (χ4v) is 2.54. The zero-order chi connectivity index (χ0) is 8.84. The minimum absolute atomic E-state index is 0.0657. The first-order valence-electron chi connectivity index (χ1n) is 4.91. The molecular formula is C9H13N3O. The van der Waals surface area contributed by atoms with Crippen LogP contribution >= 0.6 is 0 Å². The first kappa shape index (κ1) is 7.38. The van der Waals surface area contributed by atoms with E-state index in [-0.39, 0.29) is 12.2 Å². The summed E-state index contributed by atoms with van der Waals surface area (Å²) in [5, 5.41) is 9.15. The standard InChI is InChI=1S/C9H13N3O/c13-9-11-7-5-3-1-2-4-6(5)10-8(7)12-9/h6,8,10H,1-4H2,(H2,11,12,13). The van der Waals surface area contributed by atoms with Gasteiger partial charge in [0.05, 0.1) is 5.70 Å². The highest BCUT2D eigenvalue weighted by Crippen LogP contribution is 2.32. The Morgan fingerprint density at radius 1 is 1.31 bits per heavy atom. The molecule has 4 nitrogen and oxygen atoms in total. The second-order valence-electron chi connectivity index (χ2n) is 3.94. The molecule has 0 aromatic rings. The van der Waals surface area contributed by atoms with E-state index in [9.17, 15) is 4.79 Å². The molecule has 0 bridgehead atoms. The molecule has 2 fully saturated rings. The second kappa shape index (κ2) is 2.48. The molecule has 2 heterocycles. The Kier molecular flexibility index (Phi) is 1.41. The molecule has 3 rings (SSSR count). The molecule has 3 N–H and O–H groups in total. The van der Waals surface area contributed by atoms with Crippen LogP contribution in [0.15, 0.2) is 11.3 Å². The Morgan fingerprint density at radius 2 is 2.23 bits per heavy atom. The summed E-state index contributed by atoms with van der Waals surface area (Å²) < 4.78 is 0. The van der Waals surface area contributed by atoms with Gasteiger partial charge in [-0.3, -0.25) is 5.32 Å². The summed E-state index contributed by atoms with van der Waals surface area (Å²) in [5.74, 6) is 0. The van der Waals surface area contributed by atoms with Crippen LogP contribution in [-0.4, -0.2) is 18.2 Å². The minimum Gasteiger partial charge on any atom is -0.317 e. The molecule has 2 aliphatic heterocycles. The molecule has 1 saturated heterocycles. The van der Waals surface area contributed by atoms with Crippen LogP contribution in [0.25, 0.3) is 0 Å². The highest BCUT2D eigenvalue weighted by atomic mass is 16.2. The van der Waals surface area contributed by atoms with E-state index in [1.807, 2.05) is 0 Å². The molecule has 3 aliphatic rings. The van der Waals surface area contributed by atoms with E-state index in [0.29, 0.717) is 6.04 Å². The zero-order valence-electron chi connectivity index (χ0n) is 7.39. The lowest BCUT2D eigenvalue weighted by atomic mass is 9.91. The van der Waals surface area contributed by atoms with Crippen molar-refractivity contribution in [1.29, 1.82) is 0 Å². The van der Waals surface area contributed by atoms with Crippen molar-refractivity contribution < 1.29 is 4.79 Å². The van der Waals surface area contributed by atoms with Crippen LogP contribution < -0.4 is 16.0 Å². The average Bonchev–Trinajstić information content (AvgIpc) is 2.60. The molecule has 1 aliphatic carbocycles. The smallest absolute Gasteiger partial charge is 0.317 e. The Morgan fingerprint density at radius 3 is 3.15 bits per heavy atom. The van der Waals surface area contributed by atoms with Crippen molar-refractivity contribution in [2.24, 2.45) is 0 Å². The van der Waals surface area contributed by atoms with E-state index < -0.39 is 0 Å². The monoisotopic (exact) mass is 179 g/mol. The lowest BCUT2D eigenvalue weighted by Gasteiger charge is -2.21. The predicted molar refractivity (Wildman–Crippen MR) is 47.9 cm³/mol. The van der Waals surface area contributed by atoms with Crippen LogP contribution in [0, 0.1) is 0 Å². The summed E-state index contributed by atoms with van der Waals surface area (Å²) >= 11 is 0.